The lowest BCUT2D eigenvalue weighted by Crippen LogP contribution is -2.23. The van der Waals surface area contributed by atoms with Gasteiger partial charge in [0.15, 0.2) is 5.75 Å². The van der Waals surface area contributed by atoms with Crippen molar-refractivity contribution < 1.29 is 9.63 Å². The molecule has 4 heteroatoms. The first kappa shape index (κ1) is 8.39. The minimum absolute atomic E-state index is 0.252. The molecular formula is C8H10N2O2. The summed E-state index contributed by atoms with van der Waals surface area (Å²) in [6.45, 7) is 1.37. The molecule has 0 atom stereocenters. The van der Waals surface area contributed by atoms with Gasteiger partial charge < -0.3 is 10.6 Å². The number of anilines is 1. The zero-order chi connectivity index (χ0) is 8.97. The van der Waals surface area contributed by atoms with Gasteiger partial charge in [0.2, 0.25) is 5.91 Å². The predicted octanol–water partition coefficient (Wildman–Crippen LogP) is 0.699. The van der Waals surface area contributed by atoms with E-state index in [0.717, 1.165) is 0 Å². The Hall–Kier alpha value is -1.71. The van der Waals surface area contributed by atoms with Crippen molar-refractivity contribution in [2.75, 3.05) is 5.73 Å². The highest BCUT2D eigenvalue weighted by atomic mass is 16.7. The van der Waals surface area contributed by atoms with E-state index < -0.39 is 0 Å². The maximum Gasteiger partial charge on any atom is 0.249 e. The van der Waals surface area contributed by atoms with Crippen molar-refractivity contribution in [2.24, 2.45) is 0 Å². The van der Waals surface area contributed by atoms with Crippen molar-refractivity contribution in [3.8, 4) is 5.75 Å². The predicted molar refractivity (Wildman–Crippen MR) is 45.3 cm³/mol. The summed E-state index contributed by atoms with van der Waals surface area (Å²) in [4.78, 5) is 15.3. The summed E-state index contributed by atoms with van der Waals surface area (Å²) in [5.41, 5.74) is 8.26. The molecule has 0 spiro atoms. The van der Waals surface area contributed by atoms with Gasteiger partial charge in [0.25, 0.3) is 0 Å². The minimum atomic E-state index is -0.252. The highest BCUT2D eigenvalue weighted by molar-refractivity contribution is 5.71. The molecule has 4 nitrogen and oxygen atoms in total. The van der Waals surface area contributed by atoms with Crippen LogP contribution in [0.1, 0.15) is 6.92 Å². The lowest BCUT2D eigenvalue weighted by Gasteiger charge is -2.04. The molecule has 0 fully saturated rings. The maximum absolute atomic E-state index is 10.4. The number of rotatable bonds is 2. The second kappa shape index (κ2) is 3.61. The van der Waals surface area contributed by atoms with Crippen molar-refractivity contribution >= 4 is 11.6 Å². The molecule has 0 radical (unpaired) electrons. The van der Waals surface area contributed by atoms with E-state index in [2.05, 4.69) is 5.48 Å². The van der Waals surface area contributed by atoms with E-state index >= 15 is 0 Å². The van der Waals surface area contributed by atoms with Crippen LogP contribution < -0.4 is 16.1 Å². The first-order chi connectivity index (χ1) is 5.68. The Balaban J connectivity index is 2.57. The molecule has 0 aliphatic carbocycles. The van der Waals surface area contributed by atoms with Crippen LogP contribution in [-0.4, -0.2) is 5.91 Å². The molecular weight excluding hydrogens is 156 g/mol. The fourth-order valence-corrected chi connectivity index (χ4v) is 0.709. The minimum Gasteiger partial charge on any atom is -0.399 e. The first-order valence-electron chi connectivity index (χ1n) is 3.47. The smallest absolute Gasteiger partial charge is 0.249 e. The number of carbonyl (C=O) groups excluding carboxylic acids is 1. The Morgan fingerprint density at radius 3 is 2.92 bits per heavy atom. The number of carbonyl (C=O) groups is 1. The lowest BCUT2D eigenvalue weighted by molar-refractivity contribution is -0.125. The van der Waals surface area contributed by atoms with Crippen LogP contribution in [0.2, 0.25) is 0 Å². The summed E-state index contributed by atoms with van der Waals surface area (Å²) < 4.78 is 0. The molecule has 0 aromatic heterocycles. The quantitative estimate of drug-likeness (QED) is 0.502. The number of nitrogens with one attached hydrogen (secondary N) is 1. The van der Waals surface area contributed by atoms with Crippen LogP contribution in [0, 0.1) is 0 Å². The molecule has 1 aromatic rings. The summed E-state index contributed by atoms with van der Waals surface area (Å²) in [5, 5.41) is 0. The molecule has 0 aliphatic rings. The van der Waals surface area contributed by atoms with Gasteiger partial charge in [-0.05, 0) is 12.1 Å². The number of nitrogens with two attached hydrogens (primary N) is 1. The molecule has 3 N–H and O–H groups in total. The van der Waals surface area contributed by atoms with Crippen LogP contribution in [0.3, 0.4) is 0 Å². The first-order valence-corrected chi connectivity index (χ1v) is 3.47. The van der Waals surface area contributed by atoms with Gasteiger partial charge in [0.1, 0.15) is 0 Å². The fourth-order valence-electron chi connectivity index (χ4n) is 0.709. The second-order valence-electron chi connectivity index (χ2n) is 2.33. The van der Waals surface area contributed by atoms with Crippen molar-refractivity contribution in [3.63, 3.8) is 0 Å². The van der Waals surface area contributed by atoms with Gasteiger partial charge in [0.05, 0.1) is 0 Å². The van der Waals surface area contributed by atoms with Crippen LogP contribution in [0.4, 0.5) is 5.69 Å². The second-order valence-corrected chi connectivity index (χ2v) is 2.33. The number of nitrogen functional groups attached to an aromatic ring is 1. The van der Waals surface area contributed by atoms with E-state index in [0.29, 0.717) is 11.4 Å². The molecule has 0 heterocycles. The third-order valence-electron chi connectivity index (χ3n) is 1.17. The summed E-state index contributed by atoms with van der Waals surface area (Å²) in [7, 11) is 0. The van der Waals surface area contributed by atoms with Gasteiger partial charge in [-0.1, -0.05) is 6.07 Å². The monoisotopic (exact) mass is 166 g/mol. The van der Waals surface area contributed by atoms with Crippen LogP contribution in [-0.2, 0) is 4.79 Å². The molecule has 64 valence electrons. The number of hydrogen-bond donors (Lipinski definition) is 2. The molecule has 0 unspecified atom stereocenters. The zero-order valence-corrected chi connectivity index (χ0v) is 6.70. The van der Waals surface area contributed by atoms with E-state index in [-0.39, 0.29) is 5.91 Å². The van der Waals surface area contributed by atoms with Gasteiger partial charge in [0, 0.05) is 18.7 Å². The van der Waals surface area contributed by atoms with Gasteiger partial charge in [-0.2, -0.15) is 5.48 Å². The summed E-state index contributed by atoms with van der Waals surface area (Å²) in [6.07, 6.45) is 0. The average molecular weight is 166 g/mol. The number of hydrogen-bond acceptors (Lipinski definition) is 3. The molecule has 0 saturated carbocycles. The molecule has 0 bridgehead atoms. The third kappa shape index (κ3) is 2.49. The molecule has 0 aliphatic heterocycles. The molecule has 12 heavy (non-hydrogen) atoms. The summed E-state index contributed by atoms with van der Waals surface area (Å²) in [5.74, 6) is 0.266. The maximum atomic E-state index is 10.4. The topological polar surface area (TPSA) is 64.3 Å². The Labute approximate surface area is 70.3 Å². The van der Waals surface area contributed by atoms with Gasteiger partial charge >= 0.3 is 0 Å². The van der Waals surface area contributed by atoms with E-state index in [1.807, 2.05) is 0 Å². The summed E-state index contributed by atoms with van der Waals surface area (Å²) >= 11 is 0. The summed E-state index contributed by atoms with van der Waals surface area (Å²) in [6, 6.07) is 6.80. The van der Waals surface area contributed by atoms with Crippen molar-refractivity contribution in [2.45, 2.75) is 6.92 Å². The lowest BCUT2D eigenvalue weighted by atomic mass is 10.3. The van der Waals surface area contributed by atoms with E-state index in [4.69, 9.17) is 10.6 Å². The van der Waals surface area contributed by atoms with Crippen LogP contribution >= 0.6 is 0 Å². The van der Waals surface area contributed by atoms with E-state index in [1.165, 1.54) is 6.92 Å². The largest absolute Gasteiger partial charge is 0.399 e. The van der Waals surface area contributed by atoms with Crippen LogP contribution in [0.25, 0.3) is 0 Å². The zero-order valence-electron chi connectivity index (χ0n) is 6.70. The van der Waals surface area contributed by atoms with Crippen molar-refractivity contribution in [1.29, 1.82) is 0 Å². The number of hydroxylamine groups is 1. The Kier molecular flexibility index (Phi) is 2.53. The van der Waals surface area contributed by atoms with E-state index in [1.54, 1.807) is 24.3 Å². The van der Waals surface area contributed by atoms with Gasteiger partial charge in [-0.25, -0.2) is 0 Å². The van der Waals surface area contributed by atoms with Crippen LogP contribution in [0.5, 0.6) is 5.75 Å². The molecule has 1 aromatic carbocycles. The van der Waals surface area contributed by atoms with Gasteiger partial charge in [-0.3, -0.25) is 4.79 Å². The molecule has 1 rings (SSSR count). The van der Waals surface area contributed by atoms with Crippen LogP contribution in [0.15, 0.2) is 24.3 Å². The molecule has 0 saturated heterocycles. The Morgan fingerprint density at radius 2 is 2.33 bits per heavy atom. The highest BCUT2D eigenvalue weighted by Crippen LogP contribution is 2.12. The molecule has 1 amide bonds. The normalized spacial score (nSPS) is 9.08. The SMILES string of the molecule is CC(=O)NOc1cccc(N)c1. The van der Waals surface area contributed by atoms with Gasteiger partial charge in [-0.15, -0.1) is 0 Å². The highest BCUT2D eigenvalue weighted by Gasteiger charge is 1.94. The van der Waals surface area contributed by atoms with E-state index in [9.17, 15) is 4.79 Å². The van der Waals surface area contributed by atoms with Crippen molar-refractivity contribution in [1.82, 2.24) is 5.48 Å². The third-order valence-corrected chi connectivity index (χ3v) is 1.17. The number of amides is 1. The Bertz CT molecular complexity index is 286. The fraction of sp³-hybridized carbons (Fsp3) is 0.125. The Morgan fingerprint density at radius 1 is 1.58 bits per heavy atom. The average Bonchev–Trinajstić information content (AvgIpc) is 2.01. The number of benzene rings is 1. The van der Waals surface area contributed by atoms with Crippen molar-refractivity contribution in [3.05, 3.63) is 24.3 Å². The standard InChI is InChI=1S/C8H10N2O2/c1-6(11)10-12-8-4-2-3-7(9)5-8/h2-5H,9H2,1H3,(H,10,11).